The van der Waals surface area contributed by atoms with Crippen molar-refractivity contribution in [1.82, 2.24) is 0 Å². The first kappa shape index (κ1) is 29.4. The van der Waals surface area contributed by atoms with Crippen molar-refractivity contribution in [2.75, 3.05) is 0 Å². The molecule has 10 nitrogen and oxygen atoms in total. The van der Waals surface area contributed by atoms with Crippen LogP contribution < -0.4 is 0 Å². The van der Waals surface area contributed by atoms with E-state index in [0.29, 0.717) is 5.57 Å². The van der Waals surface area contributed by atoms with Gasteiger partial charge in [-0.3, -0.25) is 19.2 Å². The molecule has 37 heavy (non-hydrogen) atoms. The first-order chi connectivity index (χ1) is 17.1. The summed E-state index contributed by atoms with van der Waals surface area (Å²) in [6, 6.07) is 0. The third-order valence-electron chi connectivity index (χ3n) is 8.56. The highest BCUT2D eigenvalue weighted by atomic mass is 35.5. The molecule has 2 saturated carbocycles. The Morgan fingerprint density at radius 1 is 1.05 bits per heavy atom. The molecule has 3 rings (SSSR count). The van der Waals surface area contributed by atoms with Crippen molar-refractivity contribution >= 4 is 35.5 Å². The Kier molecular flexibility index (Phi) is 8.37. The monoisotopic (exact) mass is 544 g/mol. The number of aliphatic hydroxyl groups is 2. The maximum atomic E-state index is 12.8. The van der Waals surface area contributed by atoms with Gasteiger partial charge in [0.25, 0.3) is 0 Å². The maximum absolute atomic E-state index is 12.8. The van der Waals surface area contributed by atoms with Crippen molar-refractivity contribution in [3.05, 3.63) is 12.2 Å². The molecular weight excluding hydrogens is 508 g/mol. The Balaban J connectivity index is 2.37. The normalized spacial score (nSPS) is 44.1. The minimum absolute atomic E-state index is 0.0181. The van der Waals surface area contributed by atoms with E-state index in [1.807, 2.05) is 0 Å². The average molecular weight is 545 g/mol. The third-order valence-corrected chi connectivity index (χ3v) is 9.09. The number of aliphatic hydroxyl groups excluding tert-OH is 1. The van der Waals surface area contributed by atoms with Crippen LogP contribution >= 0.6 is 11.6 Å². The molecule has 0 radical (unpaired) electrons. The summed E-state index contributed by atoms with van der Waals surface area (Å²) in [5.74, 6) is -5.51. The van der Waals surface area contributed by atoms with Crippen LogP contribution in [-0.4, -0.2) is 75.6 Å². The van der Waals surface area contributed by atoms with Crippen molar-refractivity contribution in [2.45, 2.75) is 102 Å². The van der Waals surface area contributed by atoms with E-state index >= 15 is 0 Å². The van der Waals surface area contributed by atoms with Crippen molar-refractivity contribution in [2.24, 2.45) is 23.2 Å². The molecule has 11 heteroatoms. The molecule has 1 aliphatic heterocycles. The van der Waals surface area contributed by atoms with Crippen LogP contribution in [0.3, 0.4) is 0 Å². The summed E-state index contributed by atoms with van der Waals surface area (Å²) >= 11 is 6.72. The lowest BCUT2D eigenvalue weighted by atomic mass is 9.52. The lowest BCUT2D eigenvalue weighted by Gasteiger charge is -2.58. The van der Waals surface area contributed by atoms with E-state index in [9.17, 15) is 29.4 Å². The largest absolute Gasteiger partial charge is 0.462 e. The van der Waals surface area contributed by atoms with Gasteiger partial charge in [0.05, 0.1) is 17.4 Å². The molecule has 11 atom stereocenters. The van der Waals surface area contributed by atoms with Gasteiger partial charge in [-0.1, -0.05) is 26.0 Å². The Bertz CT molecular complexity index is 967. The molecule has 1 saturated heterocycles. The molecule has 1 unspecified atom stereocenters. The van der Waals surface area contributed by atoms with Crippen molar-refractivity contribution in [3.63, 3.8) is 0 Å². The quantitative estimate of drug-likeness (QED) is 0.234. The van der Waals surface area contributed by atoms with Gasteiger partial charge in [-0.05, 0) is 25.7 Å². The molecular formula is C26H37ClO10. The minimum atomic E-state index is -2.14. The molecule has 0 spiro atoms. The number of alkyl halides is 1. The fourth-order valence-corrected chi connectivity index (χ4v) is 6.93. The minimum Gasteiger partial charge on any atom is -0.462 e. The van der Waals surface area contributed by atoms with E-state index in [2.05, 4.69) is 6.58 Å². The van der Waals surface area contributed by atoms with E-state index in [0.717, 1.165) is 6.92 Å². The van der Waals surface area contributed by atoms with E-state index in [4.69, 9.17) is 30.5 Å². The first-order valence-electron chi connectivity index (χ1n) is 12.5. The predicted octanol–water partition coefficient (Wildman–Crippen LogP) is 2.05. The van der Waals surface area contributed by atoms with Gasteiger partial charge >= 0.3 is 23.9 Å². The average Bonchev–Trinajstić information content (AvgIpc) is 3.02. The van der Waals surface area contributed by atoms with Gasteiger partial charge in [0, 0.05) is 38.5 Å². The van der Waals surface area contributed by atoms with Gasteiger partial charge in [-0.25, -0.2) is 0 Å². The predicted molar refractivity (Wildman–Crippen MR) is 130 cm³/mol. The number of hydrogen-bond acceptors (Lipinski definition) is 10. The third kappa shape index (κ3) is 5.00. The van der Waals surface area contributed by atoms with Gasteiger partial charge in [0.2, 0.25) is 0 Å². The zero-order valence-electron chi connectivity index (χ0n) is 22.1. The van der Waals surface area contributed by atoms with Gasteiger partial charge in [-0.15, -0.1) is 11.6 Å². The van der Waals surface area contributed by atoms with E-state index in [1.54, 1.807) is 13.8 Å². The van der Waals surface area contributed by atoms with Gasteiger partial charge in [-0.2, -0.15) is 0 Å². The molecule has 2 aliphatic carbocycles. The number of esters is 4. The molecule has 3 aliphatic rings. The molecule has 0 amide bonds. The molecule has 0 aromatic rings. The number of hydrogen-bond donors (Lipinski definition) is 2. The molecule has 0 bridgehead atoms. The first-order valence-corrected chi connectivity index (χ1v) is 12.9. The topological polar surface area (TPSA) is 146 Å². The number of halogens is 1. The molecule has 208 valence electrons. The Labute approximate surface area is 221 Å². The van der Waals surface area contributed by atoms with Crippen LogP contribution in [0.15, 0.2) is 12.2 Å². The summed E-state index contributed by atoms with van der Waals surface area (Å²) in [5, 5.41) is 22.4. The lowest BCUT2D eigenvalue weighted by molar-refractivity contribution is -0.253. The molecule has 3 fully saturated rings. The Morgan fingerprint density at radius 3 is 2.14 bits per heavy atom. The summed E-state index contributed by atoms with van der Waals surface area (Å²) in [7, 11) is 0. The highest BCUT2D eigenvalue weighted by Crippen LogP contribution is 2.57. The van der Waals surface area contributed by atoms with Crippen LogP contribution in [0.1, 0.15) is 60.8 Å². The Hall–Kier alpha value is -2.17. The van der Waals surface area contributed by atoms with Crippen LogP contribution in [0, 0.1) is 23.2 Å². The SMILES string of the molecule is C=C1CC[C@H](OC(C)=O)[C@@]2(C)[C@@H](OC(C)=O)C[C@@H](O)[C@H](C)[C@@H]2C(OC(C)=O)[C@]2(O)[C@@H](C)C(=O)O[C@H]2[C@H]1Cl. The van der Waals surface area contributed by atoms with Crippen LogP contribution in [0.4, 0.5) is 0 Å². The zero-order chi connectivity index (χ0) is 28.0. The van der Waals surface area contributed by atoms with Crippen LogP contribution in [0.5, 0.6) is 0 Å². The fourth-order valence-electron chi connectivity index (χ4n) is 6.57. The second kappa shape index (κ2) is 10.5. The van der Waals surface area contributed by atoms with Gasteiger partial charge < -0.3 is 29.2 Å². The summed E-state index contributed by atoms with van der Waals surface area (Å²) < 4.78 is 22.9. The number of carbonyl (C=O) groups is 4. The van der Waals surface area contributed by atoms with Gasteiger partial charge in [0.15, 0.2) is 11.7 Å². The molecule has 1 heterocycles. The van der Waals surface area contributed by atoms with Gasteiger partial charge in [0.1, 0.15) is 18.3 Å². The fraction of sp³-hybridized carbons (Fsp3) is 0.769. The highest BCUT2D eigenvalue weighted by Gasteiger charge is 2.70. The van der Waals surface area contributed by atoms with Crippen molar-refractivity contribution in [1.29, 1.82) is 0 Å². The van der Waals surface area contributed by atoms with Crippen LogP contribution in [0.25, 0.3) is 0 Å². The number of carbonyl (C=O) groups excluding carboxylic acids is 4. The van der Waals surface area contributed by atoms with Crippen LogP contribution in [0.2, 0.25) is 0 Å². The maximum Gasteiger partial charge on any atom is 0.312 e. The molecule has 0 aromatic carbocycles. The number of ether oxygens (including phenoxy) is 4. The standard InChI is InChI=1S/C26H37ClO10/c1-11-8-9-18(34-14(4)28)25(7)19(35-15(5)29)10-17(31)12(2)20(25)22(36-16(6)30)26(33)13(3)24(32)37-23(26)21(11)27/h12-13,17-23,31,33H,1,8-10H2,2-7H3/t12-,13-,17+,18-,19-,20+,21-,22?,23-,25-,26+/m0/s1. The number of rotatable bonds is 3. The van der Waals surface area contributed by atoms with Crippen LogP contribution in [-0.2, 0) is 38.1 Å². The summed E-state index contributed by atoms with van der Waals surface area (Å²) in [6.07, 6.45) is -5.27. The number of fused-ring (bicyclic) bond motifs is 2. The van der Waals surface area contributed by atoms with E-state index in [-0.39, 0.29) is 19.3 Å². The Morgan fingerprint density at radius 2 is 1.59 bits per heavy atom. The highest BCUT2D eigenvalue weighted by molar-refractivity contribution is 6.23. The molecule has 0 aromatic heterocycles. The molecule has 2 N–H and O–H groups in total. The van der Waals surface area contributed by atoms with Crippen molar-refractivity contribution in [3.8, 4) is 0 Å². The van der Waals surface area contributed by atoms with Crippen molar-refractivity contribution < 1.29 is 48.3 Å². The summed E-state index contributed by atoms with van der Waals surface area (Å²) in [5.41, 5.74) is -3.00. The summed E-state index contributed by atoms with van der Waals surface area (Å²) in [6.45, 7) is 12.5. The zero-order valence-corrected chi connectivity index (χ0v) is 22.8. The van der Waals surface area contributed by atoms with E-state index in [1.165, 1.54) is 20.8 Å². The summed E-state index contributed by atoms with van der Waals surface area (Å²) in [4.78, 5) is 49.8. The van der Waals surface area contributed by atoms with E-state index < -0.39 is 88.5 Å². The second-order valence-electron chi connectivity index (χ2n) is 10.8. The smallest absolute Gasteiger partial charge is 0.312 e. The second-order valence-corrected chi connectivity index (χ2v) is 11.3. The lowest BCUT2D eigenvalue weighted by Crippen LogP contribution is -2.69.